The molecule has 0 aromatic heterocycles. The van der Waals surface area contributed by atoms with Crippen LogP contribution in [-0.2, 0) is 9.53 Å². The molecule has 2 amide bonds. The molecule has 1 aromatic rings. The van der Waals surface area contributed by atoms with Gasteiger partial charge in [0, 0.05) is 57.3 Å². The lowest BCUT2D eigenvalue weighted by molar-refractivity contribution is -0.116. The number of ether oxygens (including phenoxy) is 2. The van der Waals surface area contributed by atoms with E-state index < -0.39 is 0 Å². The second-order valence-electron chi connectivity index (χ2n) is 11.8. The summed E-state index contributed by atoms with van der Waals surface area (Å²) in [6, 6.07) is 5.02. The van der Waals surface area contributed by atoms with Crippen LogP contribution in [0.3, 0.4) is 0 Å². The lowest BCUT2D eigenvalue weighted by Gasteiger charge is -2.38. The number of amides is 2. The molecule has 0 spiro atoms. The molecule has 218 valence electrons. The minimum atomic E-state index is -0.321. The van der Waals surface area contributed by atoms with Crippen LogP contribution in [0.15, 0.2) is 18.2 Å². The Bertz CT molecular complexity index is 947. The first kappa shape index (κ1) is 29.8. The lowest BCUT2D eigenvalue weighted by Crippen LogP contribution is -2.50. The maximum atomic E-state index is 13.7. The van der Waals surface area contributed by atoms with E-state index in [2.05, 4.69) is 29.1 Å². The van der Waals surface area contributed by atoms with Crippen LogP contribution < -0.4 is 10.1 Å². The number of carbonyl (C=O) groups is 2. The summed E-state index contributed by atoms with van der Waals surface area (Å²) < 4.78 is 11.9. The monoisotopic (exact) mass is 544 g/mol. The van der Waals surface area contributed by atoms with E-state index >= 15 is 0 Å². The first-order valence-electron chi connectivity index (χ1n) is 14.8. The predicted octanol–water partition coefficient (Wildman–Crippen LogP) is 3.08. The molecule has 39 heavy (non-hydrogen) atoms. The number of hydrogen-bond acceptors (Lipinski definition) is 7. The SMILES string of the molecule is C[C@@H]1CN([C@H](C)CO)C(=O)c2cc(NC(=O)CCN3CCOCC3)ccc2O[C@@H]1CN(C)CC1CCCCC1. The maximum Gasteiger partial charge on any atom is 0.258 e. The minimum absolute atomic E-state index is 0.0860. The molecule has 0 unspecified atom stereocenters. The first-order valence-corrected chi connectivity index (χ1v) is 14.8. The summed E-state index contributed by atoms with van der Waals surface area (Å²) in [6.07, 6.45) is 6.87. The van der Waals surface area contributed by atoms with Gasteiger partial charge in [0.1, 0.15) is 11.9 Å². The standard InChI is InChI=1S/C30H48N4O5/c1-22-18-34(23(2)21-35)30(37)26-17-25(31-29(36)11-12-33-13-15-38-16-14-33)9-10-27(26)39-28(22)20-32(3)19-24-7-5-4-6-8-24/h9-10,17,22-24,28,35H,4-8,11-16,18-21H2,1-3H3,(H,31,36)/t22-,23-,28-/m1/s1. The molecule has 3 aliphatic rings. The quantitative estimate of drug-likeness (QED) is 0.468. The zero-order valence-electron chi connectivity index (χ0n) is 24.1. The number of rotatable bonds is 10. The van der Waals surface area contributed by atoms with Crippen LogP contribution >= 0.6 is 0 Å². The fourth-order valence-corrected chi connectivity index (χ4v) is 6.02. The third-order valence-corrected chi connectivity index (χ3v) is 8.49. The van der Waals surface area contributed by atoms with Crippen molar-refractivity contribution in [1.29, 1.82) is 0 Å². The average Bonchev–Trinajstić information content (AvgIpc) is 2.94. The van der Waals surface area contributed by atoms with Crippen molar-refractivity contribution >= 4 is 17.5 Å². The fourth-order valence-electron chi connectivity index (χ4n) is 6.02. The average molecular weight is 545 g/mol. The van der Waals surface area contributed by atoms with Gasteiger partial charge in [-0.15, -0.1) is 0 Å². The zero-order chi connectivity index (χ0) is 27.8. The van der Waals surface area contributed by atoms with Crippen LogP contribution in [0.1, 0.15) is 62.7 Å². The molecular formula is C30H48N4O5. The molecule has 0 bridgehead atoms. The van der Waals surface area contributed by atoms with E-state index in [0.29, 0.717) is 49.7 Å². The van der Waals surface area contributed by atoms with E-state index in [0.717, 1.165) is 32.1 Å². The number of nitrogens with one attached hydrogen (secondary N) is 1. The fraction of sp³-hybridized carbons (Fsp3) is 0.733. The largest absolute Gasteiger partial charge is 0.488 e. The van der Waals surface area contributed by atoms with Crippen LogP contribution in [0.25, 0.3) is 0 Å². The van der Waals surface area contributed by atoms with Crippen molar-refractivity contribution in [2.75, 3.05) is 71.5 Å². The third-order valence-electron chi connectivity index (χ3n) is 8.49. The molecule has 3 atom stereocenters. The Morgan fingerprint density at radius 1 is 1.18 bits per heavy atom. The van der Waals surface area contributed by atoms with Gasteiger partial charge in [0.25, 0.3) is 5.91 Å². The highest BCUT2D eigenvalue weighted by Gasteiger charge is 2.34. The van der Waals surface area contributed by atoms with Gasteiger partial charge in [-0.25, -0.2) is 0 Å². The first-order chi connectivity index (χ1) is 18.8. The van der Waals surface area contributed by atoms with Crippen molar-refractivity contribution in [3.8, 4) is 5.75 Å². The van der Waals surface area contributed by atoms with Crippen molar-refractivity contribution in [3.63, 3.8) is 0 Å². The molecule has 2 N–H and O–H groups in total. The number of aliphatic hydroxyl groups excluding tert-OH is 1. The molecule has 4 rings (SSSR count). The molecule has 1 saturated heterocycles. The van der Waals surface area contributed by atoms with Gasteiger partial charge < -0.3 is 29.7 Å². The molecule has 2 heterocycles. The summed E-state index contributed by atoms with van der Waals surface area (Å²) in [5, 5.41) is 12.9. The second-order valence-corrected chi connectivity index (χ2v) is 11.8. The maximum absolute atomic E-state index is 13.7. The van der Waals surface area contributed by atoms with Crippen molar-refractivity contribution < 1.29 is 24.2 Å². The number of hydrogen-bond donors (Lipinski definition) is 2. The second kappa shape index (κ2) is 14.4. The van der Waals surface area contributed by atoms with E-state index in [1.165, 1.54) is 32.1 Å². The van der Waals surface area contributed by atoms with Crippen LogP contribution in [0, 0.1) is 11.8 Å². The van der Waals surface area contributed by atoms with Crippen molar-refractivity contribution in [2.45, 2.75) is 64.5 Å². The number of fused-ring (bicyclic) bond motifs is 1. The highest BCUT2D eigenvalue weighted by Crippen LogP contribution is 2.31. The summed E-state index contributed by atoms with van der Waals surface area (Å²) in [4.78, 5) is 32.7. The van der Waals surface area contributed by atoms with Crippen LogP contribution in [-0.4, -0.2) is 110 Å². The summed E-state index contributed by atoms with van der Waals surface area (Å²) in [5.41, 5.74) is 1.00. The molecular weight excluding hydrogens is 496 g/mol. The van der Waals surface area contributed by atoms with Gasteiger partial charge in [-0.2, -0.15) is 0 Å². The van der Waals surface area contributed by atoms with Crippen molar-refractivity contribution in [1.82, 2.24) is 14.7 Å². The molecule has 1 aromatic carbocycles. The van der Waals surface area contributed by atoms with Gasteiger partial charge in [0.2, 0.25) is 5.91 Å². The minimum Gasteiger partial charge on any atom is -0.488 e. The number of benzene rings is 1. The summed E-state index contributed by atoms with van der Waals surface area (Å²) in [5.74, 6) is 1.09. The molecule has 1 aliphatic carbocycles. The number of anilines is 1. The van der Waals surface area contributed by atoms with E-state index in [1.807, 2.05) is 13.0 Å². The normalized spacial score (nSPS) is 24.0. The summed E-state index contributed by atoms with van der Waals surface area (Å²) in [6.45, 7) is 9.97. The van der Waals surface area contributed by atoms with E-state index in [1.54, 1.807) is 17.0 Å². The number of morpholine rings is 1. The highest BCUT2D eigenvalue weighted by atomic mass is 16.5. The molecule has 9 heteroatoms. The number of aliphatic hydroxyl groups is 1. The van der Waals surface area contributed by atoms with Gasteiger partial charge in [0.05, 0.1) is 31.4 Å². The lowest BCUT2D eigenvalue weighted by atomic mass is 9.89. The molecule has 0 radical (unpaired) electrons. The van der Waals surface area contributed by atoms with Gasteiger partial charge >= 0.3 is 0 Å². The molecule has 2 fully saturated rings. The topological polar surface area (TPSA) is 94.6 Å². The molecule has 2 aliphatic heterocycles. The van der Waals surface area contributed by atoms with Crippen LogP contribution in [0.4, 0.5) is 5.69 Å². The van der Waals surface area contributed by atoms with Crippen LogP contribution in [0.2, 0.25) is 0 Å². The van der Waals surface area contributed by atoms with Gasteiger partial charge in [0.15, 0.2) is 0 Å². The van der Waals surface area contributed by atoms with E-state index in [-0.39, 0.29) is 36.5 Å². The van der Waals surface area contributed by atoms with Gasteiger partial charge in [-0.3, -0.25) is 14.5 Å². The Morgan fingerprint density at radius 3 is 2.64 bits per heavy atom. The molecule has 9 nitrogen and oxygen atoms in total. The Morgan fingerprint density at radius 2 is 1.92 bits per heavy atom. The van der Waals surface area contributed by atoms with Crippen molar-refractivity contribution in [2.24, 2.45) is 11.8 Å². The Balaban J connectivity index is 1.47. The number of carbonyl (C=O) groups excluding carboxylic acids is 2. The zero-order valence-corrected chi connectivity index (χ0v) is 24.1. The summed E-state index contributed by atoms with van der Waals surface area (Å²) >= 11 is 0. The number of nitrogens with zero attached hydrogens (tertiary/aromatic N) is 3. The third kappa shape index (κ3) is 8.39. The Labute approximate surface area is 233 Å². The Kier molecular flexibility index (Phi) is 11.0. The summed E-state index contributed by atoms with van der Waals surface area (Å²) in [7, 11) is 2.17. The smallest absolute Gasteiger partial charge is 0.258 e. The number of likely N-dealkylation sites (N-methyl/N-ethyl adjacent to an activating group) is 1. The highest BCUT2D eigenvalue weighted by molar-refractivity contribution is 5.99. The van der Waals surface area contributed by atoms with Crippen LogP contribution in [0.5, 0.6) is 5.75 Å². The van der Waals surface area contributed by atoms with Gasteiger partial charge in [-0.1, -0.05) is 26.2 Å². The predicted molar refractivity (Wildman–Crippen MR) is 152 cm³/mol. The van der Waals surface area contributed by atoms with Gasteiger partial charge in [-0.05, 0) is 50.9 Å². The van der Waals surface area contributed by atoms with E-state index in [9.17, 15) is 14.7 Å². The van der Waals surface area contributed by atoms with E-state index in [4.69, 9.17) is 9.47 Å². The van der Waals surface area contributed by atoms with Crippen molar-refractivity contribution in [3.05, 3.63) is 23.8 Å². The molecule has 1 saturated carbocycles. The Hall–Kier alpha value is -2.20.